The fourth-order valence-corrected chi connectivity index (χ4v) is 6.69. The zero-order chi connectivity index (χ0) is 27.5. The number of primary amides is 1. The summed E-state index contributed by atoms with van der Waals surface area (Å²) in [7, 11) is 3.48. The molecule has 5 rings (SSSR count). The molecule has 200 valence electrons. The third-order valence-corrected chi connectivity index (χ3v) is 8.47. The molecule has 5 N–H and O–H groups in total. The smallest absolute Gasteiger partial charge is 0.230 e. The molecule has 2 aromatic rings. The molecule has 3 aliphatic rings. The number of ether oxygens (including phenoxy) is 1. The molecule has 2 aromatic carbocycles. The number of aliphatic hydroxyl groups excluding tert-OH is 1. The predicted molar refractivity (Wildman–Crippen MR) is 138 cm³/mol. The molecule has 0 heterocycles. The zero-order valence-electron chi connectivity index (χ0n) is 21.5. The summed E-state index contributed by atoms with van der Waals surface area (Å²) in [6.07, 6.45) is -0.480. The van der Waals surface area contributed by atoms with Crippen molar-refractivity contribution in [1.29, 1.82) is 0 Å². The van der Waals surface area contributed by atoms with Crippen LogP contribution in [0, 0.1) is 24.7 Å². The van der Waals surface area contributed by atoms with Crippen LogP contribution in [0.25, 0.3) is 5.76 Å². The van der Waals surface area contributed by atoms with E-state index in [0.29, 0.717) is 12.0 Å². The highest BCUT2D eigenvalue weighted by molar-refractivity contribution is 6.25. The molecule has 0 bridgehead atoms. The number of carbonyl (C=O) groups is 3. The van der Waals surface area contributed by atoms with Gasteiger partial charge in [-0.25, -0.2) is 0 Å². The zero-order valence-corrected chi connectivity index (χ0v) is 21.5. The van der Waals surface area contributed by atoms with Gasteiger partial charge in [0.15, 0.2) is 11.4 Å². The van der Waals surface area contributed by atoms with E-state index in [2.05, 4.69) is 0 Å². The van der Waals surface area contributed by atoms with Crippen molar-refractivity contribution >= 4 is 23.2 Å². The maximum atomic E-state index is 14.0. The van der Waals surface area contributed by atoms with Gasteiger partial charge in [-0.15, -0.1) is 0 Å². The van der Waals surface area contributed by atoms with Gasteiger partial charge in [0.25, 0.3) is 0 Å². The van der Waals surface area contributed by atoms with Gasteiger partial charge in [-0.1, -0.05) is 36.4 Å². The lowest BCUT2D eigenvalue weighted by atomic mass is 9.54. The van der Waals surface area contributed by atoms with E-state index in [1.807, 2.05) is 37.3 Å². The van der Waals surface area contributed by atoms with Crippen LogP contribution in [-0.2, 0) is 32.1 Å². The number of carbonyl (C=O) groups excluding carboxylic acids is 3. The van der Waals surface area contributed by atoms with Crippen molar-refractivity contribution in [3.8, 4) is 5.75 Å². The molecule has 9 nitrogen and oxygen atoms in total. The molecule has 38 heavy (non-hydrogen) atoms. The number of Topliss-reactive ketones (excluding diaryl/α,β-unsaturated/α-hetero) is 2. The third-order valence-electron chi connectivity index (χ3n) is 8.47. The highest BCUT2D eigenvalue weighted by atomic mass is 16.5. The van der Waals surface area contributed by atoms with E-state index in [-0.39, 0.29) is 29.9 Å². The predicted octanol–water partition coefficient (Wildman–Crippen LogP) is 1.66. The van der Waals surface area contributed by atoms with Crippen molar-refractivity contribution in [1.82, 2.24) is 4.90 Å². The fraction of sp³-hybridized carbons (Fsp3) is 0.414. The number of nitrogens with two attached hydrogens (primary N) is 1. The van der Waals surface area contributed by atoms with Crippen LogP contribution in [0.2, 0.25) is 0 Å². The summed E-state index contributed by atoms with van der Waals surface area (Å²) in [5.74, 6) is -6.61. The van der Waals surface area contributed by atoms with E-state index < -0.39 is 58.7 Å². The Labute approximate surface area is 220 Å². The molecule has 0 spiro atoms. The first-order valence-electron chi connectivity index (χ1n) is 12.7. The van der Waals surface area contributed by atoms with Gasteiger partial charge in [-0.05, 0) is 62.5 Å². The second-order valence-electron chi connectivity index (χ2n) is 10.8. The lowest BCUT2D eigenvalue weighted by Gasteiger charge is -2.54. The number of amides is 1. The summed E-state index contributed by atoms with van der Waals surface area (Å²) in [6.45, 7) is 1.96. The van der Waals surface area contributed by atoms with Crippen molar-refractivity contribution < 1.29 is 34.4 Å². The second kappa shape index (κ2) is 9.34. The number of rotatable bonds is 5. The standard InChI is InChI=1S/C29H32N2O7/c1-14-9-10-19(32)21-17(14)11-16-12-18-23(31(2)3)25(38-13-15-7-5-4-6-8-15)22(28(30)36)27(35)29(18,37)26(34)20(16)24(21)33/h4-10,16,18,22-23,25,32-33,37H,11-13H2,1-3H3,(H2,30,36)/t16-,18-,22?,23-,25?,29-/m1/s1. The molecule has 2 saturated carbocycles. The molecular formula is C29H32N2O7. The number of aliphatic hydroxyl groups is 2. The topological polar surface area (TPSA) is 150 Å². The molecule has 9 heteroatoms. The van der Waals surface area contributed by atoms with Crippen LogP contribution in [0.15, 0.2) is 48.0 Å². The molecular weight excluding hydrogens is 488 g/mol. The van der Waals surface area contributed by atoms with Crippen LogP contribution in [0.4, 0.5) is 0 Å². The second-order valence-corrected chi connectivity index (χ2v) is 10.8. The molecule has 2 fully saturated rings. The average Bonchev–Trinajstić information content (AvgIpc) is 2.87. The van der Waals surface area contributed by atoms with E-state index in [1.165, 1.54) is 6.07 Å². The van der Waals surface area contributed by atoms with Crippen molar-refractivity contribution in [2.75, 3.05) is 14.1 Å². The van der Waals surface area contributed by atoms with Crippen molar-refractivity contribution in [2.24, 2.45) is 23.5 Å². The van der Waals surface area contributed by atoms with Gasteiger partial charge in [0.2, 0.25) is 11.7 Å². The summed E-state index contributed by atoms with van der Waals surface area (Å²) in [5, 5.41) is 33.6. The van der Waals surface area contributed by atoms with Crippen molar-refractivity contribution in [3.05, 3.63) is 70.3 Å². The van der Waals surface area contributed by atoms with Crippen LogP contribution in [0.1, 0.15) is 28.7 Å². The fourth-order valence-electron chi connectivity index (χ4n) is 6.69. The molecule has 0 aromatic heterocycles. The monoisotopic (exact) mass is 520 g/mol. The number of hydrogen-bond acceptors (Lipinski definition) is 8. The summed E-state index contributed by atoms with van der Waals surface area (Å²) in [4.78, 5) is 42.2. The van der Waals surface area contributed by atoms with Gasteiger partial charge in [0.05, 0.1) is 18.3 Å². The van der Waals surface area contributed by atoms with Gasteiger partial charge in [0, 0.05) is 17.5 Å². The first-order chi connectivity index (χ1) is 18.0. The number of likely N-dealkylation sites (N-methyl/N-ethyl adjacent to an activating group) is 1. The number of benzene rings is 2. The molecule has 0 radical (unpaired) electrons. The largest absolute Gasteiger partial charge is 0.507 e. The Hall–Kier alpha value is -3.53. The number of ketones is 2. The first kappa shape index (κ1) is 26.1. The Morgan fingerprint density at radius 2 is 1.82 bits per heavy atom. The van der Waals surface area contributed by atoms with Crippen molar-refractivity contribution in [3.63, 3.8) is 0 Å². The van der Waals surface area contributed by atoms with Crippen molar-refractivity contribution in [2.45, 2.75) is 44.1 Å². The van der Waals surface area contributed by atoms with E-state index >= 15 is 0 Å². The lowest BCUT2D eigenvalue weighted by Crippen LogP contribution is -2.73. The van der Waals surface area contributed by atoms with Gasteiger partial charge in [-0.2, -0.15) is 0 Å². The molecule has 0 saturated heterocycles. The van der Waals surface area contributed by atoms with Gasteiger partial charge in [0.1, 0.15) is 17.4 Å². The van der Waals surface area contributed by atoms with E-state index in [9.17, 15) is 29.7 Å². The summed E-state index contributed by atoms with van der Waals surface area (Å²) in [6, 6.07) is 11.7. The minimum atomic E-state index is -2.59. The Balaban J connectivity index is 1.62. The molecule has 0 aliphatic heterocycles. The molecule has 1 amide bonds. The quantitative estimate of drug-likeness (QED) is 0.435. The Morgan fingerprint density at radius 3 is 2.45 bits per heavy atom. The van der Waals surface area contributed by atoms with Crippen LogP contribution >= 0.6 is 0 Å². The highest BCUT2D eigenvalue weighted by Gasteiger charge is 2.68. The number of phenols is 1. The SMILES string of the molecule is Cc1ccc(O)c2c1C[C@@H]1C[C@@H]3[C@@H](N(C)C)C(OCc4ccccc4)C(C(N)=O)C(=O)[C@]3(O)C(=O)C1=C2O. The average molecular weight is 521 g/mol. The van der Waals surface area contributed by atoms with E-state index in [0.717, 1.165) is 11.1 Å². The minimum absolute atomic E-state index is 0.102. The van der Waals surface area contributed by atoms with E-state index in [1.54, 1.807) is 25.1 Å². The van der Waals surface area contributed by atoms with Crippen LogP contribution in [0.3, 0.4) is 0 Å². The Kier molecular flexibility index (Phi) is 6.41. The summed E-state index contributed by atoms with van der Waals surface area (Å²) in [5.41, 5.74) is 5.52. The van der Waals surface area contributed by atoms with E-state index in [4.69, 9.17) is 10.5 Å². The maximum absolute atomic E-state index is 14.0. The molecule has 2 unspecified atom stereocenters. The maximum Gasteiger partial charge on any atom is 0.230 e. The Bertz CT molecular complexity index is 1350. The van der Waals surface area contributed by atoms with Gasteiger partial charge < -0.3 is 30.7 Å². The van der Waals surface area contributed by atoms with Crippen LogP contribution in [-0.4, -0.2) is 69.5 Å². The minimum Gasteiger partial charge on any atom is -0.507 e. The van der Waals surface area contributed by atoms with Gasteiger partial charge in [-0.3, -0.25) is 14.4 Å². The summed E-state index contributed by atoms with van der Waals surface area (Å²) < 4.78 is 6.18. The molecule has 6 atom stereocenters. The number of nitrogens with zero attached hydrogens (tertiary/aromatic N) is 1. The number of aryl methyl sites for hydroxylation is 1. The number of fused-ring (bicyclic) bond motifs is 3. The van der Waals surface area contributed by atoms with Gasteiger partial charge >= 0.3 is 0 Å². The number of hydrogen-bond donors (Lipinski definition) is 4. The Morgan fingerprint density at radius 1 is 1.13 bits per heavy atom. The lowest BCUT2D eigenvalue weighted by molar-refractivity contribution is -0.190. The highest BCUT2D eigenvalue weighted by Crippen LogP contribution is 2.52. The molecule has 3 aliphatic carbocycles. The first-order valence-corrected chi connectivity index (χ1v) is 12.7. The number of phenolic OH excluding ortho intramolecular Hbond substituents is 1. The normalized spacial score (nSPS) is 30.6. The number of aromatic hydroxyl groups is 1. The summed E-state index contributed by atoms with van der Waals surface area (Å²) >= 11 is 0. The van der Waals surface area contributed by atoms with Crippen LogP contribution in [0.5, 0.6) is 5.75 Å². The third kappa shape index (κ3) is 3.76. The van der Waals surface area contributed by atoms with Crippen LogP contribution < -0.4 is 5.73 Å².